The SMILES string of the molecule is CN=Nc1c(S(=O)(=O)O)cc2c(S(=O)(=O)O)cc(C)c(N)c2c1O. The first-order valence-electron chi connectivity index (χ1n) is 6.23. The Morgan fingerprint density at radius 1 is 1.04 bits per heavy atom. The molecule has 2 aromatic rings. The van der Waals surface area contributed by atoms with Crippen molar-refractivity contribution in [3.8, 4) is 5.75 Å². The topological polar surface area (TPSA) is 180 Å². The van der Waals surface area contributed by atoms with E-state index in [1.165, 1.54) is 14.0 Å². The smallest absolute Gasteiger partial charge is 0.296 e. The molecule has 24 heavy (non-hydrogen) atoms. The van der Waals surface area contributed by atoms with E-state index in [2.05, 4.69) is 10.2 Å². The number of aryl methyl sites for hydroxylation is 1. The first kappa shape index (κ1) is 18.1. The number of hydrogen-bond donors (Lipinski definition) is 4. The molecular formula is C12H13N3O7S2. The summed E-state index contributed by atoms with van der Waals surface area (Å²) in [5, 5.41) is 16.5. The summed E-state index contributed by atoms with van der Waals surface area (Å²) in [5.74, 6) is -0.795. The van der Waals surface area contributed by atoms with Crippen molar-refractivity contribution in [2.45, 2.75) is 16.7 Å². The first-order chi connectivity index (χ1) is 10.9. The summed E-state index contributed by atoms with van der Waals surface area (Å²) in [6.07, 6.45) is 0. The van der Waals surface area contributed by atoms with Gasteiger partial charge in [0.2, 0.25) is 0 Å². The third-order valence-electron chi connectivity index (χ3n) is 3.30. The molecule has 0 saturated carbocycles. The van der Waals surface area contributed by atoms with Crippen molar-refractivity contribution in [3.05, 3.63) is 17.7 Å². The molecule has 0 spiro atoms. The first-order valence-corrected chi connectivity index (χ1v) is 9.11. The minimum absolute atomic E-state index is 0.0515. The predicted molar refractivity (Wildman–Crippen MR) is 84.8 cm³/mol. The second-order valence-electron chi connectivity index (χ2n) is 4.85. The van der Waals surface area contributed by atoms with E-state index < -0.39 is 41.5 Å². The van der Waals surface area contributed by atoms with Crippen molar-refractivity contribution in [3.63, 3.8) is 0 Å². The molecule has 0 atom stereocenters. The highest BCUT2D eigenvalue weighted by Crippen LogP contribution is 2.45. The average molecular weight is 375 g/mol. The van der Waals surface area contributed by atoms with Crippen molar-refractivity contribution in [1.29, 1.82) is 0 Å². The molecule has 0 unspecified atom stereocenters. The van der Waals surface area contributed by atoms with Gasteiger partial charge in [0, 0.05) is 18.1 Å². The van der Waals surface area contributed by atoms with E-state index in [9.17, 15) is 31.0 Å². The molecule has 0 saturated heterocycles. The number of anilines is 1. The van der Waals surface area contributed by atoms with Gasteiger partial charge in [-0.05, 0) is 24.6 Å². The molecule has 0 aromatic heterocycles. The fourth-order valence-corrected chi connectivity index (χ4v) is 3.67. The van der Waals surface area contributed by atoms with Crippen LogP contribution in [0.4, 0.5) is 11.4 Å². The van der Waals surface area contributed by atoms with Crippen molar-refractivity contribution in [2.75, 3.05) is 12.8 Å². The van der Waals surface area contributed by atoms with E-state index in [1.54, 1.807) is 0 Å². The number of nitrogens with two attached hydrogens (primary N) is 1. The van der Waals surface area contributed by atoms with E-state index in [0.717, 1.165) is 12.1 Å². The zero-order chi connectivity index (χ0) is 18.4. The third-order valence-corrected chi connectivity index (χ3v) is 5.06. The van der Waals surface area contributed by atoms with Gasteiger partial charge in [-0.1, -0.05) is 0 Å². The van der Waals surface area contributed by atoms with Crippen LogP contribution in [0.25, 0.3) is 10.8 Å². The lowest BCUT2D eigenvalue weighted by Gasteiger charge is -2.14. The van der Waals surface area contributed by atoms with Gasteiger partial charge < -0.3 is 10.8 Å². The van der Waals surface area contributed by atoms with Gasteiger partial charge in [-0.3, -0.25) is 9.11 Å². The molecule has 0 fully saturated rings. The highest BCUT2D eigenvalue weighted by molar-refractivity contribution is 7.86. The van der Waals surface area contributed by atoms with Crippen LogP contribution in [-0.4, -0.2) is 38.1 Å². The van der Waals surface area contributed by atoms with Crippen LogP contribution in [0.5, 0.6) is 5.75 Å². The number of nitrogen functional groups attached to an aromatic ring is 1. The molecule has 0 bridgehead atoms. The van der Waals surface area contributed by atoms with E-state index in [1.807, 2.05) is 0 Å². The van der Waals surface area contributed by atoms with Crippen LogP contribution < -0.4 is 5.73 Å². The summed E-state index contributed by atoms with van der Waals surface area (Å²) >= 11 is 0. The zero-order valence-electron chi connectivity index (χ0n) is 12.4. The van der Waals surface area contributed by atoms with Crippen LogP contribution in [0.1, 0.15) is 5.56 Å². The number of phenols is 1. The highest BCUT2D eigenvalue weighted by Gasteiger charge is 2.27. The van der Waals surface area contributed by atoms with Gasteiger partial charge in [0.1, 0.15) is 15.5 Å². The largest absolute Gasteiger partial charge is 0.505 e. The lowest BCUT2D eigenvalue weighted by atomic mass is 10.0. The minimum atomic E-state index is -4.89. The van der Waals surface area contributed by atoms with Crippen molar-refractivity contribution in [1.82, 2.24) is 0 Å². The fraction of sp³-hybridized carbons (Fsp3) is 0.167. The van der Waals surface area contributed by atoms with Crippen molar-refractivity contribution in [2.24, 2.45) is 10.2 Å². The summed E-state index contributed by atoms with van der Waals surface area (Å²) in [5.41, 5.74) is 5.39. The Kier molecular flexibility index (Phi) is 4.26. The van der Waals surface area contributed by atoms with Crippen molar-refractivity contribution >= 4 is 42.4 Å². The van der Waals surface area contributed by atoms with Crippen LogP contribution in [0.15, 0.2) is 32.2 Å². The summed E-state index contributed by atoms with van der Waals surface area (Å²) in [6, 6.07) is 1.76. The standard InChI is InChI=1S/C12H13N3O7S2/c1-5-3-7(23(17,18)19)6-4-8(24(20,21)22)11(15-14-2)12(16)9(6)10(5)13/h3-4,16H,13H2,1-2H3,(H,17,18,19)(H,20,21,22). The lowest BCUT2D eigenvalue weighted by molar-refractivity contribution is 0.471. The van der Waals surface area contributed by atoms with Gasteiger partial charge in [-0.25, -0.2) is 0 Å². The maximum absolute atomic E-state index is 11.6. The molecule has 0 heterocycles. The summed E-state index contributed by atoms with van der Waals surface area (Å²) in [4.78, 5) is -1.56. The van der Waals surface area contributed by atoms with Crippen LogP contribution >= 0.6 is 0 Å². The summed E-state index contributed by atoms with van der Waals surface area (Å²) < 4.78 is 64.9. The lowest BCUT2D eigenvalue weighted by Crippen LogP contribution is -2.05. The molecule has 0 radical (unpaired) electrons. The Morgan fingerprint density at radius 2 is 1.58 bits per heavy atom. The predicted octanol–water partition coefficient (Wildman–Crippen LogP) is 1.64. The van der Waals surface area contributed by atoms with Crippen molar-refractivity contribution < 1.29 is 31.0 Å². The number of aromatic hydroxyl groups is 1. The van der Waals surface area contributed by atoms with Crippen LogP contribution in [0, 0.1) is 6.92 Å². The Labute approximate surface area is 137 Å². The normalized spacial score (nSPS) is 13.0. The number of azo groups is 1. The number of nitrogens with zero attached hydrogens (tertiary/aromatic N) is 2. The molecule has 10 nitrogen and oxygen atoms in total. The molecule has 0 aliphatic carbocycles. The van der Waals surface area contributed by atoms with E-state index in [4.69, 9.17) is 5.73 Å². The van der Waals surface area contributed by atoms with E-state index in [0.29, 0.717) is 0 Å². The van der Waals surface area contributed by atoms with Gasteiger partial charge in [0.25, 0.3) is 20.2 Å². The molecule has 2 rings (SSSR count). The molecule has 0 aliphatic heterocycles. The van der Waals surface area contributed by atoms with Crippen LogP contribution in [0.2, 0.25) is 0 Å². The zero-order valence-corrected chi connectivity index (χ0v) is 14.1. The average Bonchev–Trinajstić information content (AvgIpc) is 2.42. The minimum Gasteiger partial charge on any atom is -0.505 e. The maximum atomic E-state index is 11.6. The monoisotopic (exact) mass is 375 g/mol. The fourth-order valence-electron chi connectivity index (χ4n) is 2.26. The van der Waals surface area contributed by atoms with E-state index >= 15 is 0 Å². The molecule has 12 heteroatoms. The summed E-state index contributed by atoms with van der Waals surface area (Å²) in [7, 11) is -8.46. The number of rotatable bonds is 3. The molecule has 130 valence electrons. The number of phenolic OH excluding ortho intramolecular Hbond substituents is 1. The van der Waals surface area contributed by atoms with Crippen LogP contribution in [0.3, 0.4) is 0 Å². The van der Waals surface area contributed by atoms with Gasteiger partial charge in [-0.15, -0.1) is 0 Å². The van der Waals surface area contributed by atoms with Gasteiger partial charge >= 0.3 is 0 Å². The van der Waals surface area contributed by atoms with E-state index in [-0.39, 0.29) is 22.0 Å². The second kappa shape index (κ2) is 5.66. The van der Waals surface area contributed by atoms with Crippen LogP contribution in [-0.2, 0) is 20.2 Å². The Morgan fingerprint density at radius 3 is 2.04 bits per heavy atom. The number of fused-ring (bicyclic) bond motifs is 1. The third kappa shape index (κ3) is 2.91. The Hall–Kier alpha value is -2.28. The molecule has 5 N–H and O–H groups in total. The van der Waals surface area contributed by atoms with Gasteiger partial charge in [0.05, 0.1) is 5.39 Å². The second-order valence-corrected chi connectivity index (χ2v) is 7.63. The molecule has 0 aliphatic rings. The molecule has 0 amide bonds. The quantitative estimate of drug-likeness (QED) is 0.355. The molecule has 2 aromatic carbocycles. The number of hydrogen-bond acceptors (Lipinski definition) is 8. The molecular weight excluding hydrogens is 362 g/mol. The van der Waals surface area contributed by atoms with Gasteiger partial charge in [0.15, 0.2) is 5.75 Å². The highest BCUT2D eigenvalue weighted by atomic mass is 32.2. The maximum Gasteiger partial charge on any atom is 0.296 e. The Bertz CT molecular complexity index is 1090. The summed E-state index contributed by atoms with van der Waals surface area (Å²) in [6.45, 7) is 1.43. The number of benzene rings is 2. The van der Waals surface area contributed by atoms with Gasteiger partial charge in [-0.2, -0.15) is 27.1 Å². The Balaban J connectivity index is 3.26.